The van der Waals surface area contributed by atoms with Crippen LogP contribution in [0.3, 0.4) is 0 Å². The van der Waals surface area contributed by atoms with Crippen LogP contribution in [0.4, 0.5) is 0 Å². The fourth-order valence-corrected chi connectivity index (χ4v) is 6.92. The number of rotatable bonds is 8. The molecule has 2 aromatic carbocycles. The molecule has 6 nitrogen and oxygen atoms in total. The van der Waals surface area contributed by atoms with Crippen molar-refractivity contribution in [1.29, 1.82) is 0 Å². The van der Waals surface area contributed by atoms with Crippen molar-refractivity contribution in [2.75, 3.05) is 52.5 Å². The second-order valence-electron chi connectivity index (χ2n) is 10.4. The monoisotopic (exact) mass is 505 g/mol. The Morgan fingerprint density at radius 3 is 2.42 bits per heavy atom. The average molecular weight is 506 g/mol. The molecule has 0 bridgehead atoms. The average Bonchev–Trinajstić information content (AvgIpc) is 3.64. The third kappa shape index (κ3) is 5.29. The maximum atomic E-state index is 13.7. The van der Waals surface area contributed by atoms with Gasteiger partial charge in [0.15, 0.2) is 11.5 Å². The van der Waals surface area contributed by atoms with E-state index >= 15 is 0 Å². The zero-order valence-corrected chi connectivity index (χ0v) is 21.6. The van der Waals surface area contributed by atoms with Crippen LogP contribution in [-0.2, 0) is 4.79 Å². The molecule has 0 aromatic heterocycles. The summed E-state index contributed by atoms with van der Waals surface area (Å²) in [5.74, 6) is 2.55. The number of ether oxygens (including phenoxy) is 2. The Bertz CT molecular complexity index is 1100. The van der Waals surface area contributed by atoms with Crippen LogP contribution in [-0.4, -0.2) is 67.6 Å². The van der Waals surface area contributed by atoms with Gasteiger partial charge in [0.2, 0.25) is 5.91 Å². The molecule has 1 amide bonds. The summed E-state index contributed by atoms with van der Waals surface area (Å²) in [6, 6.07) is 16.5. The van der Waals surface area contributed by atoms with Crippen molar-refractivity contribution in [3.8, 4) is 11.5 Å². The maximum absolute atomic E-state index is 13.7. The van der Waals surface area contributed by atoms with Crippen molar-refractivity contribution < 1.29 is 14.3 Å². The van der Waals surface area contributed by atoms with E-state index in [1.165, 1.54) is 36.8 Å². The fourth-order valence-electron chi connectivity index (χ4n) is 5.90. The second-order valence-corrected chi connectivity index (χ2v) is 11.5. The standard InChI is InChI=1S/C29H35N3O3S/c33-29(26(22-8-2-1-3-9-22)16-30-15-21-6-4-5-7-21)31-17-23-19-32(20-24(23)18-31)36-25-10-11-27-28(14-25)35-13-12-34-27/h1-3,8-11,14,21,26,30H,4-7,12-13,15-20H2. The summed E-state index contributed by atoms with van der Waals surface area (Å²) in [4.78, 5) is 17.0. The number of hydrogen-bond acceptors (Lipinski definition) is 6. The molecule has 2 aromatic rings. The van der Waals surface area contributed by atoms with Gasteiger partial charge in [0.25, 0.3) is 0 Å². The number of carbonyl (C=O) groups excluding carboxylic acids is 1. The first-order valence-corrected chi connectivity index (χ1v) is 14.1. The van der Waals surface area contributed by atoms with Gasteiger partial charge in [-0.1, -0.05) is 43.2 Å². The van der Waals surface area contributed by atoms with Gasteiger partial charge in [0.05, 0.1) is 5.92 Å². The highest BCUT2D eigenvalue weighted by Crippen LogP contribution is 2.38. The summed E-state index contributed by atoms with van der Waals surface area (Å²) in [6.45, 7) is 6.24. The smallest absolute Gasteiger partial charge is 0.231 e. The molecule has 3 heterocycles. The highest BCUT2D eigenvalue weighted by Gasteiger charge is 2.35. The SMILES string of the molecule is O=C(C(CNCC1CCCC1)c1ccccc1)N1CC2=C(CN(Sc3ccc4c(c3)OCCO4)C2)C1. The molecule has 0 radical (unpaired) electrons. The van der Waals surface area contributed by atoms with Gasteiger partial charge >= 0.3 is 0 Å². The zero-order chi connectivity index (χ0) is 24.3. The molecule has 1 unspecified atom stereocenters. The van der Waals surface area contributed by atoms with Crippen LogP contribution >= 0.6 is 11.9 Å². The van der Waals surface area contributed by atoms with Gasteiger partial charge in [0.1, 0.15) is 13.2 Å². The van der Waals surface area contributed by atoms with Crippen LogP contribution in [0.2, 0.25) is 0 Å². The number of fused-ring (bicyclic) bond motifs is 1. The topological polar surface area (TPSA) is 54.0 Å². The highest BCUT2D eigenvalue weighted by atomic mass is 32.2. The second kappa shape index (κ2) is 10.9. The van der Waals surface area contributed by atoms with E-state index in [9.17, 15) is 4.79 Å². The summed E-state index contributed by atoms with van der Waals surface area (Å²) < 4.78 is 13.8. The lowest BCUT2D eigenvalue weighted by Gasteiger charge is -2.27. The Hall–Kier alpha value is -2.48. The van der Waals surface area contributed by atoms with Gasteiger partial charge in [-0.2, -0.15) is 0 Å². The molecule has 0 spiro atoms. The lowest BCUT2D eigenvalue weighted by Crippen LogP contribution is -2.40. The molecular formula is C29H35N3O3S. The van der Waals surface area contributed by atoms with E-state index < -0.39 is 0 Å². The molecular weight excluding hydrogens is 470 g/mol. The summed E-state index contributed by atoms with van der Waals surface area (Å²) in [6.07, 6.45) is 5.34. The van der Waals surface area contributed by atoms with Crippen molar-refractivity contribution in [2.24, 2.45) is 5.92 Å². The predicted octanol–water partition coefficient (Wildman–Crippen LogP) is 4.48. The van der Waals surface area contributed by atoms with Crippen LogP contribution in [0.5, 0.6) is 11.5 Å². The first kappa shape index (κ1) is 23.9. The van der Waals surface area contributed by atoms with E-state index in [1.54, 1.807) is 11.9 Å². The van der Waals surface area contributed by atoms with Crippen molar-refractivity contribution in [3.05, 3.63) is 65.2 Å². The van der Waals surface area contributed by atoms with Crippen LogP contribution in [0.15, 0.2) is 64.6 Å². The molecule has 4 aliphatic rings. The van der Waals surface area contributed by atoms with Gasteiger partial charge < -0.3 is 19.7 Å². The quantitative estimate of drug-likeness (QED) is 0.422. The third-order valence-electron chi connectivity index (χ3n) is 7.81. The minimum atomic E-state index is -0.129. The van der Waals surface area contributed by atoms with E-state index in [-0.39, 0.29) is 11.8 Å². The first-order valence-electron chi connectivity index (χ1n) is 13.3. The number of nitrogens with zero attached hydrogens (tertiary/aromatic N) is 2. The van der Waals surface area contributed by atoms with E-state index in [2.05, 4.69) is 38.8 Å². The van der Waals surface area contributed by atoms with Crippen LogP contribution < -0.4 is 14.8 Å². The van der Waals surface area contributed by atoms with Gasteiger partial charge in [-0.3, -0.25) is 4.79 Å². The highest BCUT2D eigenvalue weighted by molar-refractivity contribution is 7.97. The van der Waals surface area contributed by atoms with Crippen molar-refractivity contribution >= 4 is 17.9 Å². The number of carbonyl (C=O) groups is 1. The number of amides is 1. The number of benzene rings is 2. The van der Waals surface area contributed by atoms with Crippen LogP contribution in [0.25, 0.3) is 0 Å². The van der Waals surface area contributed by atoms with E-state index in [0.717, 1.165) is 60.6 Å². The van der Waals surface area contributed by atoms with Crippen molar-refractivity contribution in [2.45, 2.75) is 36.5 Å². The Labute approximate surface area is 218 Å². The predicted molar refractivity (Wildman–Crippen MR) is 142 cm³/mol. The number of hydrogen-bond donors (Lipinski definition) is 1. The summed E-state index contributed by atoms with van der Waals surface area (Å²) >= 11 is 1.76. The van der Waals surface area contributed by atoms with Gasteiger partial charge in [-0.15, -0.1) is 0 Å². The molecule has 3 aliphatic heterocycles. The molecule has 1 aliphatic carbocycles. The Morgan fingerprint density at radius 2 is 1.67 bits per heavy atom. The van der Waals surface area contributed by atoms with Gasteiger partial charge in [-0.05, 0) is 72.2 Å². The Morgan fingerprint density at radius 1 is 0.944 bits per heavy atom. The van der Waals surface area contributed by atoms with Crippen molar-refractivity contribution in [1.82, 2.24) is 14.5 Å². The zero-order valence-electron chi connectivity index (χ0n) is 20.8. The minimum Gasteiger partial charge on any atom is -0.486 e. The number of nitrogens with one attached hydrogen (secondary N) is 1. The first-order chi connectivity index (χ1) is 17.7. The largest absolute Gasteiger partial charge is 0.486 e. The van der Waals surface area contributed by atoms with Gasteiger partial charge in [-0.25, -0.2) is 4.31 Å². The molecule has 1 N–H and O–H groups in total. The Balaban J connectivity index is 1.05. The molecule has 190 valence electrons. The van der Waals surface area contributed by atoms with E-state index in [4.69, 9.17) is 9.47 Å². The summed E-state index contributed by atoms with van der Waals surface area (Å²) in [7, 11) is 0. The Kier molecular flexibility index (Phi) is 7.21. The van der Waals surface area contributed by atoms with E-state index in [0.29, 0.717) is 19.8 Å². The molecule has 1 saturated carbocycles. The van der Waals surface area contributed by atoms with Crippen molar-refractivity contribution in [3.63, 3.8) is 0 Å². The summed E-state index contributed by atoms with van der Waals surface area (Å²) in [5.41, 5.74) is 3.92. The normalized spacial score (nSPS) is 20.7. The molecule has 1 fully saturated rings. The van der Waals surface area contributed by atoms with E-state index in [1.807, 2.05) is 24.3 Å². The molecule has 6 rings (SSSR count). The van der Waals surface area contributed by atoms with Gasteiger partial charge in [0, 0.05) is 37.6 Å². The maximum Gasteiger partial charge on any atom is 0.231 e. The molecule has 36 heavy (non-hydrogen) atoms. The molecule has 7 heteroatoms. The summed E-state index contributed by atoms with van der Waals surface area (Å²) in [5, 5.41) is 3.64. The van der Waals surface area contributed by atoms with Crippen LogP contribution in [0, 0.1) is 5.92 Å². The van der Waals surface area contributed by atoms with Crippen LogP contribution in [0.1, 0.15) is 37.2 Å². The lowest BCUT2D eigenvalue weighted by atomic mass is 9.97. The third-order valence-corrected chi connectivity index (χ3v) is 8.80. The lowest BCUT2D eigenvalue weighted by molar-refractivity contribution is -0.131. The fraction of sp³-hybridized carbons (Fsp3) is 0.483. The molecule has 0 saturated heterocycles. The molecule has 1 atom stereocenters. The minimum absolute atomic E-state index is 0.129.